The van der Waals surface area contributed by atoms with Gasteiger partial charge in [0.25, 0.3) is 5.91 Å². The average Bonchev–Trinajstić information content (AvgIpc) is 3.22. The van der Waals surface area contributed by atoms with Crippen LogP contribution in [0, 0.1) is 0 Å². The number of thiazole rings is 1. The Morgan fingerprint density at radius 1 is 1.22 bits per heavy atom. The van der Waals surface area contributed by atoms with Gasteiger partial charge < -0.3 is 4.74 Å². The van der Waals surface area contributed by atoms with Crippen molar-refractivity contribution in [1.82, 2.24) is 9.88 Å². The van der Waals surface area contributed by atoms with Crippen LogP contribution in [0.1, 0.15) is 15.9 Å². The summed E-state index contributed by atoms with van der Waals surface area (Å²) in [5.41, 5.74) is -0.0905. The van der Waals surface area contributed by atoms with Crippen molar-refractivity contribution in [2.45, 2.75) is 11.1 Å². The van der Waals surface area contributed by atoms with E-state index in [1.165, 1.54) is 28.4 Å². The van der Waals surface area contributed by atoms with E-state index in [-0.39, 0.29) is 5.56 Å². The molecule has 1 amide bonds. The van der Waals surface area contributed by atoms with Crippen LogP contribution in [0.3, 0.4) is 0 Å². The summed E-state index contributed by atoms with van der Waals surface area (Å²) in [6.07, 6.45) is -2.53. The quantitative estimate of drug-likeness (QED) is 0.463. The Hall–Kier alpha value is -2.14. The Balaban J connectivity index is 1.66. The van der Waals surface area contributed by atoms with Crippen LogP contribution >= 0.6 is 23.1 Å². The number of halogens is 3. The molecule has 0 radical (unpaired) electrons. The number of morpholine rings is 1. The average molecular weight is 482 g/mol. The first kappa shape index (κ1) is 23.0. The number of nitrogens with zero attached hydrogens (tertiary/aromatic N) is 3. The first-order valence-electron chi connectivity index (χ1n) is 10.1. The Morgan fingerprint density at radius 2 is 2.00 bits per heavy atom. The minimum Gasteiger partial charge on any atom is -0.379 e. The molecule has 170 valence electrons. The topological polar surface area (TPSA) is 45.7 Å². The fourth-order valence-corrected chi connectivity index (χ4v) is 5.01. The number of benzene rings is 2. The number of hydrogen-bond donors (Lipinski definition) is 0. The number of carbonyl (C=O) groups excluding carboxylic acids is 1. The van der Waals surface area contributed by atoms with E-state index in [4.69, 9.17) is 4.74 Å². The van der Waals surface area contributed by atoms with Gasteiger partial charge in [0, 0.05) is 36.6 Å². The van der Waals surface area contributed by atoms with E-state index >= 15 is 0 Å². The predicted octanol–water partition coefficient (Wildman–Crippen LogP) is 5.02. The number of aromatic nitrogens is 1. The fourth-order valence-electron chi connectivity index (χ4n) is 3.47. The second-order valence-corrected chi connectivity index (χ2v) is 9.21. The van der Waals surface area contributed by atoms with Gasteiger partial charge in [0.2, 0.25) is 0 Å². The van der Waals surface area contributed by atoms with Gasteiger partial charge in [-0.3, -0.25) is 14.6 Å². The normalized spacial score (nSPS) is 15.2. The van der Waals surface area contributed by atoms with Crippen LogP contribution < -0.4 is 4.90 Å². The van der Waals surface area contributed by atoms with E-state index in [0.717, 1.165) is 40.3 Å². The molecule has 1 fully saturated rings. The Bertz CT molecular complexity index is 1100. The third kappa shape index (κ3) is 5.25. The first-order valence-corrected chi connectivity index (χ1v) is 12.1. The number of rotatable bonds is 6. The highest BCUT2D eigenvalue weighted by molar-refractivity contribution is 7.98. The van der Waals surface area contributed by atoms with E-state index < -0.39 is 17.6 Å². The molecule has 0 bridgehead atoms. The minimum absolute atomic E-state index is 0.00846. The lowest BCUT2D eigenvalue weighted by atomic mass is 10.1. The van der Waals surface area contributed by atoms with Crippen LogP contribution in [-0.4, -0.2) is 61.4 Å². The van der Waals surface area contributed by atoms with Crippen molar-refractivity contribution in [1.29, 1.82) is 0 Å². The molecule has 1 aliphatic rings. The van der Waals surface area contributed by atoms with E-state index in [9.17, 15) is 18.0 Å². The number of carbonyl (C=O) groups is 1. The Morgan fingerprint density at radius 3 is 2.72 bits per heavy atom. The van der Waals surface area contributed by atoms with Crippen LogP contribution in [0.5, 0.6) is 0 Å². The smallest absolute Gasteiger partial charge is 0.379 e. The largest absolute Gasteiger partial charge is 0.416 e. The molecular formula is C22H22F3N3O2S2. The van der Waals surface area contributed by atoms with Crippen molar-refractivity contribution >= 4 is 44.4 Å². The lowest BCUT2D eigenvalue weighted by molar-refractivity contribution is -0.137. The van der Waals surface area contributed by atoms with Crippen molar-refractivity contribution < 1.29 is 22.7 Å². The van der Waals surface area contributed by atoms with Crippen molar-refractivity contribution in [3.63, 3.8) is 0 Å². The van der Waals surface area contributed by atoms with Crippen LogP contribution in [0.4, 0.5) is 18.3 Å². The van der Waals surface area contributed by atoms with Gasteiger partial charge in [-0.25, -0.2) is 4.98 Å². The van der Waals surface area contributed by atoms with Crippen LogP contribution in [0.15, 0.2) is 47.4 Å². The molecule has 10 heteroatoms. The summed E-state index contributed by atoms with van der Waals surface area (Å²) in [6, 6.07) is 10.4. The third-order valence-corrected chi connectivity index (χ3v) is 7.01. The van der Waals surface area contributed by atoms with Crippen molar-refractivity contribution in [3.8, 4) is 0 Å². The Kier molecular flexibility index (Phi) is 7.04. The number of alkyl halides is 3. The molecule has 0 saturated carbocycles. The molecule has 2 heterocycles. The van der Waals surface area contributed by atoms with Crippen LogP contribution in [0.2, 0.25) is 0 Å². The van der Waals surface area contributed by atoms with Crippen molar-refractivity contribution in [2.75, 3.05) is 50.5 Å². The summed E-state index contributed by atoms with van der Waals surface area (Å²) >= 11 is 2.98. The standard InChI is InChI=1S/C22H22F3N3O2S2/c1-31-17-5-6-18-19(14-17)32-21(26-18)28(8-7-27-9-11-30-12-10-27)20(29)15-3-2-4-16(13-15)22(23,24)25/h2-6,13-14H,7-12H2,1H3. The number of anilines is 1. The maximum absolute atomic E-state index is 13.4. The summed E-state index contributed by atoms with van der Waals surface area (Å²) in [4.78, 5) is 22.7. The van der Waals surface area contributed by atoms with Crippen LogP contribution in [0.25, 0.3) is 10.2 Å². The molecule has 5 nitrogen and oxygen atoms in total. The number of amides is 1. The first-order chi connectivity index (χ1) is 15.3. The molecule has 1 aliphatic heterocycles. The molecule has 1 aromatic heterocycles. The van der Waals surface area contributed by atoms with Crippen molar-refractivity contribution in [2.24, 2.45) is 0 Å². The second kappa shape index (κ2) is 9.78. The zero-order valence-corrected chi connectivity index (χ0v) is 19.0. The van der Waals surface area contributed by atoms with Gasteiger partial charge in [-0.05, 0) is 42.7 Å². The second-order valence-electron chi connectivity index (χ2n) is 7.32. The molecule has 32 heavy (non-hydrogen) atoms. The minimum atomic E-state index is -4.51. The summed E-state index contributed by atoms with van der Waals surface area (Å²) in [7, 11) is 0. The maximum Gasteiger partial charge on any atom is 0.416 e. The monoisotopic (exact) mass is 481 g/mol. The number of thioether (sulfide) groups is 1. The van der Waals surface area contributed by atoms with E-state index in [1.54, 1.807) is 11.8 Å². The van der Waals surface area contributed by atoms with Crippen LogP contribution in [-0.2, 0) is 10.9 Å². The highest BCUT2D eigenvalue weighted by atomic mass is 32.2. The molecule has 1 saturated heterocycles. The Labute approximate surface area is 192 Å². The zero-order chi connectivity index (χ0) is 22.7. The summed E-state index contributed by atoms with van der Waals surface area (Å²) < 4.78 is 45.9. The molecular weight excluding hydrogens is 459 g/mol. The van der Waals surface area contributed by atoms with Gasteiger partial charge in [-0.15, -0.1) is 11.8 Å². The molecule has 2 aromatic carbocycles. The molecule has 3 aromatic rings. The van der Waals surface area contributed by atoms with Gasteiger partial charge in [-0.1, -0.05) is 17.4 Å². The lowest BCUT2D eigenvalue weighted by Crippen LogP contribution is -2.43. The van der Waals surface area contributed by atoms with Crippen molar-refractivity contribution in [3.05, 3.63) is 53.6 Å². The highest BCUT2D eigenvalue weighted by Gasteiger charge is 2.32. The molecule has 0 aliphatic carbocycles. The number of hydrogen-bond acceptors (Lipinski definition) is 6. The molecule has 0 atom stereocenters. The van der Waals surface area contributed by atoms with Gasteiger partial charge >= 0.3 is 6.18 Å². The molecule has 0 spiro atoms. The lowest BCUT2D eigenvalue weighted by Gasteiger charge is -2.29. The van der Waals surface area contributed by atoms with Gasteiger partial charge in [0.15, 0.2) is 5.13 Å². The van der Waals surface area contributed by atoms with E-state index in [2.05, 4.69) is 9.88 Å². The third-order valence-electron chi connectivity index (χ3n) is 5.24. The van der Waals surface area contributed by atoms with Gasteiger partial charge in [0.05, 0.1) is 29.0 Å². The zero-order valence-electron chi connectivity index (χ0n) is 17.4. The predicted molar refractivity (Wildman–Crippen MR) is 122 cm³/mol. The highest BCUT2D eigenvalue weighted by Crippen LogP contribution is 2.33. The molecule has 0 unspecified atom stereocenters. The maximum atomic E-state index is 13.4. The van der Waals surface area contributed by atoms with Gasteiger partial charge in [0.1, 0.15) is 0 Å². The summed E-state index contributed by atoms with van der Waals surface area (Å²) in [6.45, 7) is 3.66. The molecule has 4 rings (SSSR count). The number of fused-ring (bicyclic) bond motifs is 1. The summed E-state index contributed by atoms with van der Waals surface area (Å²) in [5.74, 6) is -0.492. The molecule has 0 N–H and O–H groups in total. The summed E-state index contributed by atoms with van der Waals surface area (Å²) in [5, 5.41) is 0.480. The SMILES string of the molecule is CSc1ccc2nc(N(CCN3CCOCC3)C(=O)c3cccc(C(F)(F)F)c3)sc2c1. The fraction of sp³-hybridized carbons (Fsp3) is 0.364. The van der Waals surface area contributed by atoms with Gasteiger partial charge in [-0.2, -0.15) is 13.2 Å². The van der Waals surface area contributed by atoms with E-state index in [0.29, 0.717) is 31.4 Å². The van der Waals surface area contributed by atoms with E-state index in [1.807, 2.05) is 24.5 Å². The number of ether oxygens (including phenoxy) is 1.